The van der Waals surface area contributed by atoms with Crippen LogP contribution in [0.5, 0.6) is 0 Å². The van der Waals surface area contributed by atoms with Gasteiger partial charge in [0.1, 0.15) is 0 Å². The van der Waals surface area contributed by atoms with E-state index in [4.69, 9.17) is 0 Å². The average Bonchev–Trinajstić information content (AvgIpc) is 2.60. The highest BCUT2D eigenvalue weighted by molar-refractivity contribution is 4.65. The van der Waals surface area contributed by atoms with E-state index in [1.54, 1.807) is 0 Å². The fourth-order valence-corrected chi connectivity index (χ4v) is 4.09. The van der Waals surface area contributed by atoms with Crippen molar-refractivity contribution in [3.8, 4) is 0 Å². The van der Waals surface area contributed by atoms with Crippen LogP contribution in [0.15, 0.2) is 0 Å². The van der Waals surface area contributed by atoms with Gasteiger partial charge in [-0.25, -0.2) is 0 Å². The molecule has 2 atom stereocenters. The largest absolute Gasteiger partial charge is 0.0654 e. The smallest absolute Gasteiger partial charge is 0.0414 e. The maximum absolute atomic E-state index is 2.35. The van der Waals surface area contributed by atoms with Crippen LogP contribution in [-0.2, 0) is 0 Å². The minimum Gasteiger partial charge on any atom is -0.0654 e. The molecule has 0 nitrogen and oxygen atoms in total. The Kier molecular flexibility index (Phi) is 19.3. The van der Waals surface area contributed by atoms with Crippen LogP contribution >= 0.6 is 0 Å². The van der Waals surface area contributed by atoms with Crippen molar-refractivity contribution in [1.82, 2.24) is 0 Å². The van der Waals surface area contributed by atoms with Crippen molar-refractivity contribution in [2.45, 2.75) is 143 Å². The van der Waals surface area contributed by atoms with Gasteiger partial charge in [-0.3, -0.25) is 0 Å². The molecule has 146 valence electrons. The molecule has 0 aromatic rings. The van der Waals surface area contributed by atoms with Crippen LogP contribution in [0.4, 0.5) is 0 Å². The van der Waals surface area contributed by atoms with Gasteiger partial charge >= 0.3 is 0 Å². The van der Waals surface area contributed by atoms with Crippen LogP contribution in [0.2, 0.25) is 0 Å². The van der Waals surface area contributed by atoms with Crippen LogP contribution in [0.1, 0.15) is 143 Å². The molecule has 0 heterocycles. The molecule has 0 aromatic carbocycles. The lowest BCUT2D eigenvalue weighted by atomic mass is 9.86. The van der Waals surface area contributed by atoms with Gasteiger partial charge in [0, 0.05) is 0 Å². The molecule has 0 spiro atoms. The van der Waals surface area contributed by atoms with Crippen molar-refractivity contribution in [2.24, 2.45) is 11.8 Å². The minimum absolute atomic E-state index is 1.03. The second kappa shape index (κ2) is 19.3. The molecule has 0 aliphatic rings. The number of rotatable bonds is 19. The van der Waals surface area contributed by atoms with Crippen molar-refractivity contribution >= 4 is 0 Å². The Morgan fingerprint density at radius 2 is 0.667 bits per heavy atom. The van der Waals surface area contributed by atoms with Crippen LogP contribution in [0.25, 0.3) is 0 Å². The summed E-state index contributed by atoms with van der Waals surface area (Å²) in [7, 11) is 0. The molecule has 0 bridgehead atoms. The van der Waals surface area contributed by atoms with Gasteiger partial charge in [-0.2, -0.15) is 0 Å². The summed E-state index contributed by atoms with van der Waals surface area (Å²) in [6.07, 6.45) is 26.3. The summed E-state index contributed by atoms with van der Waals surface area (Å²) in [6, 6.07) is 0. The summed E-state index contributed by atoms with van der Waals surface area (Å²) in [5, 5.41) is 0. The highest BCUT2D eigenvalue weighted by Crippen LogP contribution is 2.27. The zero-order valence-electron chi connectivity index (χ0n) is 17.9. The average molecular weight is 339 g/mol. The highest BCUT2D eigenvalue weighted by Gasteiger charge is 2.12. The minimum atomic E-state index is 1.03. The van der Waals surface area contributed by atoms with Crippen LogP contribution in [0, 0.1) is 11.8 Å². The molecule has 0 aliphatic heterocycles. The number of hydrogen-bond donors (Lipinski definition) is 0. The van der Waals surface area contributed by atoms with E-state index in [9.17, 15) is 0 Å². The molecule has 0 radical (unpaired) electrons. The molecular weight excluding hydrogens is 288 g/mol. The number of unbranched alkanes of at least 4 members (excludes halogenated alkanes) is 7. The Labute approximate surface area is 155 Å². The lowest BCUT2D eigenvalue weighted by molar-refractivity contribution is 0.331. The van der Waals surface area contributed by atoms with Crippen LogP contribution < -0.4 is 0 Å². The molecule has 0 fully saturated rings. The number of hydrogen-bond acceptors (Lipinski definition) is 0. The standard InChI is InChI=1S/C24H50/c1-5-9-13-15-20-24(18-12-8-4)22-16-21-23(17-11-7-3)19-14-10-6-2/h23-24H,5-22H2,1-4H3. The Morgan fingerprint density at radius 1 is 0.333 bits per heavy atom. The first kappa shape index (κ1) is 24.0. The summed E-state index contributed by atoms with van der Waals surface area (Å²) in [4.78, 5) is 0. The van der Waals surface area contributed by atoms with Crippen molar-refractivity contribution in [1.29, 1.82) is 0 Å². The van der Waals surface area contributed by atoms with Gasteiger partial charge in [-0.05, 0) is 11.8 Å². The van der Waals surface area contributed by atoms with Gasteiger partial charge in [0.05, 0.1) is 0 Å². The van der Waals surface area contributed by atoms with Crippen molar-refractivity contribution in [2.75, 3.05) is 0 Å². The molecule has 0 N–H and O–H groups in total. The SMILES string of the molecule is CCCCCCC(CCCC)CCCC(CCCC)CCCCC. The topological polar surface area (TPSA) is 0 Å². The van der Waals surface area contributed by atoms with E-state index in [0.717, 1.165) is 11.8 Å². The molecule has 0 aliphatic carbocycles. The van der Waals surface area contributed by atoms with E-state index in [1.165, 1.54) is 116 Å². The summed E-state index contributed by atoms with van der Waals surface area (Å²) >= 11 is 0. The third-order valence-electron chi connectivity index (χ3n) is 5.84. The third-order valence-corrected chi connectivity index (χ3v) is 5.84. The maximum Gasteiger partial charge on any atom is -0.0414 e. The van der Waals surface area contributed by atoms with E-state index in [2.05, 4.69) is 27.7 Å². The first-order valence-corrected chi connectivity index (χ1v) is 11.8. The van der Waals surface area contributed by atoms with Crippen molar-refractivity contribution in [3.63, 3.8) is 0 Å². The Balaban J connectivity index is 4.05. The van der Waals surface area contributed by atoms with E-state index in [0.29, 0.717) is 0 Å². The van der Waals surface area contributed by atoms with E-state index < -0.39 is 0 Å². The fraction of sp³-hybridized carbons (Fsp3) is 1.00. The van der Waals surface area contributed by atoms with Gasteiger partial charge in [0.15, 0.2) is 0 Å². The van der Waals surface area contributed by atoms with Gasteiger partial charge < -0.3 is 0 Å². The van der Waals surface area contributed by atoms with Crippen LogP contribution in [-0.4, -0.2) is 0 Å². The molecule has 0 heteroatoms. The predicted octanol–water partition coefficient (Wildman–Crippen LogP) is 9.32. The molecule has 24 heavy (non-hydrogen) atoms. The first-order chi connectivity index (χ1) is 11.8. The molecular formula is C24H50. The quantitative estimate of drug-likeness (QED) is 0.206. The molecule has 0 saturated carbocycles. The Morgan fingerprint density at radius 3 is 1.12 bits per heavy atom. The van der Waals surface area contributed by atoms with Gasteiger partial charge in [-0.1, -0.05) is 143 Å². The molecule has 2 unspecified atom stereocenters. The van der Waals surface area contributed by atoms with Gasteiger partial charge in [0.2, 0.25) is 0 Å². The van der Waals surface area contributed by atoms with E-state index >= 15 is 0 Å². The molecule has 0 aromatic heterocycles. The molecule has 0 amide bonds. The Bertz CT molecular complexity index is 220. The van der Waals surface area contributed by atoms with Crippen LogP contribution in [0.3, 0.4) is 0 Å². The normalized spacial score (nSPS) is 14.0. The lowest BCUT2D eigenvalue weighted by Crippen LogP contribution is -2.05. The Hall–Kier alpha value is 0. The fourth-order valence-electron chi connectivity index (χ4n) is 4.09. The molecule has 0 rings (SSSR count). The van der Waals surface area contributed by atoms with Gasteiger partial charge in [-0.15, -0.1) is 0 Å². The summed E-state index contributed by atoms with van der Waals surface area (Å²) in [6.45, 7) is 9.35. The first-order valence-electron chi connectivity index (χ1n) is 11.8. The van der Waals surface area contributed by atoms with E-state index in [-0.39, 0.29) is 0 Å². The van der Waals surface area contributed by atoms with E-state index in [1.807, 2.05) is 0 Å². The summed E-state index contributed by atoms with van der Waals surface area (Å²) in [5.74, 6) is 2.06. The third kappa shape index (κ3) is 15.5. The monoisotopic (exact) mass is 338 g/mol. The second-order valence-corrected chi connectivity index (χ2v) is 8.29. The maximum atomic E-state index is 2.35. The van der Waals surface area contributed by atoms with Gasteiger partial charge in [0.25, 0.3) is 0 Å². The predicted molar refractivity (Wildman–Crippen MR) is 113 cm³/mol. The molecule has 0 saturated heterocycles. The summed E-state index contributed by atoms with van der Waals surface area (Å²) < 4.78 is 0. The van der Waals surface area contributed by atoms with Crippen molar-refractivity contribution in [3.05, 3.63) is 0 Å². The highest BCUT2D eigenvalue weighted by atomic mass is 14.2. The zero-order valence-corrected chi connectivity index (χ0v) is 17.9. The lowest BCUT2D eigenvalue weighted by Gasteiger charge is -2.20. The van der Waals surface area contributed by atoms with Crippen molar-refractivity contribution < 1.29 is 0 Å². The second-order valence-electron chi connectivity index (χ2n) is 8.29. The summed E-state index contributed by atoms with van der Waals surface area (Å²) in [5.41, 5.74) is 0. The zero-order chi connectivity index (χ0) is 17.9.